The summed E-state index contributed by atoms with van der Waals surface area (Å²) >= 11 is 13.5. The molecule has 0 radical (unpaired) electrons. The van der Waals surface area contributed by atoms with Crippen molar-refractivity contribution >= 4 is 57.5 Å². The number of anilines is 1. The van der Waals surface area contributed by atoms with Gasteiger partial charge in [-0.05, 0) is 69.2 Å². The zero-order valence-electron chi connectivity index (χ0n) is 29.1. The lowest BCUT2D eigenvalue weighted by Gasteiger charge is -2.52. The smallest absolute Gasteiger partial charge is 0.401 e. The second-order valence-corrected chi connectivity index (χ2v) is 14.6. The number of alkyl halides is 3. The number of hydrogen-bond donors (Lipinski definition) is 2. The molecule has 1 saturated carbocycles. The van der Waals surface area contributed by atoms with Crippen LogP contribution in [0.2, 0.25) is 10.0 Å². The molecule has 0 spiro atoms. The molecule has 2 saturated heterocycles. The first-order chi connectivity index (χ1) is 24.9. The number of carbonyl (C=O) groups is 3. The van der Waals surface area contributed by atoms with Gasteiger partial charge in [-0.2, -0.15) is 13.2 Å². The van der Waals surface area contributed by atoms with Crippen LogP contribution in [0.3, 0.4) is 0 Å². The molecular formula is C37H44Cl2F3N5O5. The predicted molar refractivity (Wildman–Crippen MR) is 192 cm³/mol. The number of amides is 1. The van der Waals surface area contributed by atoms with Gasteiger partial charge < -0.3 is 19.8 Å². The minimum Gasteiger partial charge on any atom is -0.466 e. The van der Waals surface area contributed by atoms with E-state index in [-0.39, 0.29) is 78.0 Å². The average molecular weight is 767 g/mol. The minimum atomic E-state index is -4.34. The summed E-state index contributed by atoms with van der Waals surface area (Å²) in [7, 11) is 0. The van der Waals surface area contributed by atoms with Gasteiger partial charge in [0.05, 0.1) is 41.4 Å². The number of benzene rings is 2. The van der Waals surface area contributed by atoms with Crippen molar-refractivity contribution in [3.05, 3.63) is 63.8 Å². The summed E-state index contributed by atoms with van der Waals surface area (Å²) in [6, 6.07) is 10.5. The van der Waals surface area contributed by atoms with Crippen molar-refractivity contribution in [2.24, 2.45) is 5.92 Å². The summed E-state index contributed by atoms with van der Waals surface area (Å²) in [5, 5.41) is 3.98. The molecule has 15 heteroatoms. The van der Waals surface area contributed by atoms with Gasteiger partial charge in [-0.1, -0.05) is 41.4 Å². The largest absolute Gasteiger partial charge is 0.466 e. The Morgan fingerprint density at radius 3 is 2.27 bits per heavy atom. The van der Waals surface area contributed by atoms with Crippen LogP contribution in [0.25, 0.3) is 10.9 Å². The fourth-order valence-corrected chi connectivity index (χ4v) is 8.18. The fourth-order valence-electron chi connectivity index (χ4n) is 7.72. The summed E-state index contributed by atoms with van der Waals surface area (Å²) in [4.78, 5) is 49.0. The molecule has 2 aliphatic heterocycles. The number of fused-ring (bicyclic) bond motifs is 1. The van der Waals surface area contributed by atoms with Crippen LogP contribution in [0.1, 0.15) is 61.4 Å². The first-order valence-corrected chi connectivity index (χ1v) is 18.7. The first kappa shape index (κ1) is 38.5. The molecule has 3 aromatic rings. The number of hydrogen-bond acceptors (Lipinski definition) is 8. The number of esters is 1. The lowest BCUT2D eigenvalue weighted by molar-refractivity contribution is -0.262. The van der Waals surface area contributed by atoms with Gasteiger partial charge in [0.2, 0.25) is 5.85 Å². The van der Waals surface area contributed by atoms with Gasteiger partial charge in [-0.15, -0.1) is 0 Å². The SMILES string of the molecule is CCOC(=O)C1CCC(OC(C(=O)Cc2cc(Cl)c(NC(=O)c3c[nH]c4ccccc34)cc2Cl)(N2CCCC2)N2CCN(CC(F)(F)F)CC2)CC1. The Bertz CT molecular complexity index is 1750. The van der Waals surface area contributed by atoms with Crippen molar-refractivity contribution in [1.82, 2.24) is 19.7 Å². The predicted octanol–water partition coefficient (Wildman–Crippen LogP) is 6.91. The van der Waals surface area contributed by atoms with E-state index in [4.69, 9.17) is 32.7 Å². The van der Waals surface area contributed by atoms with Gasteiger partial charge in [0, 0.05) is 67.8 Å². The molecule has 3 heterocycles. The van der Waals surface area contributed by atoms with E-state index in [2.05, 4.69) is 10.3 Å². The van der Waals surface area contributed by atoms with Crippen LogP contribution in [0, 0.1) is 5.92 Å². The molecule has 3 aliphatic rings. The highest BCUT2D eigenvalue weighted by molar-refractivity contribution is 6.36. The molecule has 1 aromatic heterocycles. The van der Waals surface area contributed by atoms with Crippen LogP contribution in [-0.4, -0.2) is 108 Å². The molecule has 3 fully saturated rings. The van der Waals surface area contributed by atoms with Crippen LogP contribution in [0.4, 0.5) is 18.9 Å². The number of nitrogens with zero attached hydrogens (tertiary/aromatic N) is 3. The lowest BCUT2D eigenvalue weighted by Crippen LogP contribution is -2.71. The lowest BCUT2D eigenvalue weighted by atomic mass is 9.87. The standard InChI is InChI=1S/C37H44Cl2F3N5O5/c1-2-51-35(50)24-9-11-26(12-10-24)52-37(46-13-5-6-14-46,47-17-15-45(16-18-47)23-36(40,41)42)33(48)20-25-19-30(39)32(21-29(25)38)44-34(49)28-22-43-31-8-4-3-7-27(28)31/h3-4,7-8,19,21-22,24,26,43H,2,5-6,9-18,20,23H2,1H3,(H,44,49). The highest BCUT2D eigenvalue weighted by atomic mass is 35.5. The number of ketones is 1. The van der Waals surface area contributed by atoms with Crippen LogP contribution in [-0.2, 0) is 25.5 Å². The fraction of sp³-hybridized carbons (Fsp3) is 0.541. The van der Waals surface area contributed by atoms with Gasteiger partial charge in [0.1, 0.15) is 0 Å². The van der Waals surface area contributed by atoms with Crippen molar-refractivity contribution in [2.75, 3.05) is 57.7 Å². The second kappa shape index (κ2) is 16.4. The van der Waals surface area contributed by atoms with Gasteiger partial charge in [0.15, 0.2) is 5.78 Å². The van der Waals surface area contributed by atoms with E-state index in [9.17, 15) is 27.6 Å². The molecule has 2 N–H and O–H groups in total. The van der Waals surface area contributed by atoms with Crippen LogP contribution < -0.4 is 5.32 Å². The normalized spacial score (nSPS) is 22.0. The molecule has 282 valence electrons. The Morgan fingerprint density at radius 1 is 0.923 bits per heavy atom. The monoisotopic (exact) mass is 765 g/mol. The number of Topliss-reactive ketones (excluding diaryl/α,β-unsaturated/α-hetero) is 1. The zero-order chi connectivity index (χ0) is 37.0. The quantitative estimate of drug-likeness (QED) is 0.192. The topological polar surface area (TPSA) is 107 Å². The van der Waals surface area contributed by atoms with Crippen molar-refractivity contribution in [2.45, 2.75) is 70.0 Å². The van der Waals surface area contributed by atoms with Gasteiger partial charge in [-0.3, -0.25) is 29.1 Å². The van der Waals surface area contributed by atoms with E-state index in [0.717, 1.165) is 23.7 Å². The molecule has 10 nitrogen and oxygen atoms in total. The van der Waals surface area contributed by atoms with E-state index < -0.39 is 18.6 Å². The summed E-state index contributed by atoms with van der Waals surface area (Å²) < 4.78 is 52.1. The van der Waals surface area contributed by atoms with Crippen molar-refractivity contribution in [3.63, 3.8) is 0 Å². The highest BCUT2D eigenvalue weighted by Crippen LogP contribution is 2.38. The Balaban J connectivity index is 1.26. The number of para-hydroxylation sites is 1. The number of rotatable bonds is 12. The van der Waals surface area contributed by atoms with Gasteiger partial charge in [0.25, 0.3) is 5.91 Å². The van der Waals surface area contributed by atoms with Crippen molar-refractivity contribution in [3.8, 4) is 0 Å². The van der Waals surface area contributed by atoms with E-state index in [1.54, 1.807) is 19.2 Å². The minimum absolute atomic E-state index is 0.110. The first-order valence-electron chi connectivity index (χ1n) is 17.9. The third-order valence-corrected chi connectivity index (χ3v) is 11.0. The molecule has 52 heavy (non-hydrogen) atoms. The van der Waals surface area contributed by atoms with E-state index in [1.807, 2.05) is 34.1 Å². The number of halogens is 5. The number of likely N-dealkylation sites (tertiary alicyclic amines) is 1. The Morgan fingerprint density at radius 2 is 1.60 bits per heavy atom. The Kier molecular flexibility index (Phi) is 12.2. The Hall–Kier alpha value is -3.20. The molecule has 1 unspecified atom stereocenters. The van der Waals surface area contributed by atoms with E-state index in [1.165, 1.54) is 11.0 Å². The molecule has 1 amide bonds. The summed E-state index contributed by atoms with van der Waals surface area (Å²) in [6.07, 6.45) is 0.536. The zero-order valence-corrected chi connectivity index (χ0v) is 30.6. The number of nitrogens with one attached hydrogen (secondary N) is 2. The molecule has 6 rings (SSSR count). The number of H-pyrrole nitrogens is 1. The number of carbonyl (C=O) groups excluding carboxylic acids is 3. The van der Waals surface area contributed by atoms with Crippen molar-refractivity contribution in [1.29, 1.82) is 0 Å². The van der Waals surface area contributed by atoms with Gasteiger partial charge >= 0.3 is 12.1 Å². The summed E-state index contributed by atoms with van der Waals surface area (Å²) in [6.45, 7) is 2.77. The number of ether oxygens (including phenoxy) is 2. The average Bonchev–Trinajstić information content (AvgIpc) is 3.81. The maximum absolute atomic E-state index is 14.9. The van der Waals surface area contributed by atoms with Crippen LogP contribution in [0.5, 0.6) is 0 Å². The van der Waals surface area contributed by atoms with E-state index >= 15 is 0 Å². The maximum atomic E-state index is 14.9. The van der Waals surface area contributed by atoms with Crippen molar-refractivity contribution < 1.29 is 37.0 Å². The number of aromatic amines is 1. The molecule has 2 aromatic carbocycles. The summed E-state index contributed by atoms with van der Waals surface area (Å²) in [5.41, 5.74) is 1.94. The molecular weight excluding hydrogens is 722 g/mol. The summed E-state index contributed by atoms with van der Waals surface area (Å²) in [5.74, 6) is -2.75. The highest BCUT2D eigenvalue weighted by Gasteiger charge is 2.53. The number of piperazine rings is 1. The molecule has 1 atom stereocenters. The molecule has 1 aliphatic carbocycles. The second-order valence-electron chi connectivity index (χ2n) is 13.7. The third-order valence-electron chi connectivity index (χ3n) is 10.3. The van der Waals surface area contributed by atoms with Crippen LogP contribution in [0.15, 0.2) is 42.6 Å². The Labute approximate surface area is 310 Å². The third kappa shape index (κ3) is 8.61. The van der Waals surface area contributed by atoms with Crippen LogP contribution >= 0.6 is 23.2 Å². The maximum Gasteiger partial charge on any atom is 0.401 e. The number of aromatic nitrogens is 1. The van der Waals surface area contributed by atoms with Gasteiger partial charge in [-0.25, -0.2) is 0 Å². The molecule has 0 bridgehead atoms. The van der Waals surface area contributed by atoms with E-state index in [0.29, 0.717) is 56.5 Å².